The molecule has 1 saturated carbocycles. The lowest BCUT2D eigenvalue weighted by atomic mass is 10.3. The van der Waals surface area contributed by atoms with E-state index >= 15 is 0 Å². The van der Waals surface area contributed by atoms with E-state index in [1.165, 1.54) is 19.3 Å². The van der Waals surface area contributed by atoms with Gasteiger partial charge in [-0.15, -0.1) is 0 Å². The summed E-state index contributed by atoms with van der Waals surface area (Å²) in [6.07, 6.45) is 4.61. The largest absolute Gasteiger partial charge is 0.381 e. The highest BCUT2D eigenvalue weighted by Gasteiger charge is 2.33. The van der Waals surface area contributed by atoms with Gasteiger partial charge < -0.3 is 4.74 Å². The van der Waals surface area contributed by atoms with E-state index in [1.54, 1.807) is 0 Å². The average Bonchev–Trinajstić information content (AvgIpc) is 2.32. The molecular weight excluding hydrogens is 152 g/mol. The topological polar surface area (TPSA) is 9.23 Å². The fraction of sp³-hybridized carbons (Fsp3) is 1.00. The molecule has 1 aliphatic carbocycles. The van der Waals surface area contributed by atoms with Crippen LogP contribution in [0.3, 0.4) is 0 Å². The van der Waals surface area contributed by atoms with Crippen LogP contribution in [0.5, 0.6) is 0 Å². The van der Waals surface area contributed by atoms with Crippen LogP contribution in [0.4, 0.5) is 0 Å². The Labute approximate surface area is 71.1 Å². The number of hydrogen-bond acceptors (Lipinski definition) is 1. The van der Waals surface area contributed by atoms with Gasteiger partial charge in [-0.25, -0.2) is 0 Å². The SMILES string of the molecule is COC1CCC([Si](C)(C)C)C1. The van der Waals surface area contributed by atoms with E-state index in [1.807, 2.05) is 7.11 Å². The first kappa shape index (κ1) is 9.27. The number of ether oxygens (including phenoxy) is 1. The Morgan fingerprint density at radius 3 is 2.09 bits per heavy atom. The van der Waals surface area contributed by atoms with Gasteiger partial charge in [-0.3, -0.25) is 0 Å². The van der Waals surface area contributed by atoms with Gasteiger partial charge in [0.05, 0.1) is 6.10 Å². The maximum absolute atomic E-state index is 5.36. The van der Waals surface area contributed by atoms with Crippen LogP contribution in [0.15, 0.2) is 0 Å². The van der Waals surface area contributed by atoms with Gasteiger partial charge in [0.25, 0.3) is 0 Å². The van der Waals surface area contributed by atoms with Gasteiger partial charge in [0.2, 0.25) is 0 Å². The lowest BCUT2D eigenvalue weighted by Gasteiger charge is -2.24. The van der Waals surface area contributed by atoms with Crippen molar-refractivity contribution in [1.82, 2.24) is 0 Å². The molecule has 0 aromatic carbocycles. The van der Waals surface area contributed by atoms with Gasteiger partial charge in [-0.05, 0) is 18.4 Å². The van der Waals surface area contributed by atoms with Crippen LogP contribution in [0.1, 0.15) is 19.3 Å². The van der Waals surface area contributed by atoms with Crippen molar-refractivity contribution < 1.29 is 4.74 Å². The zero-order chi connectivity index (χ0) is 8.48. The van der Waals surface area contributed by atoms with E-state index in [0.717, 1.165) is 5.54 Å². The van der Waals surface area contributed by atoms with Crippen molar-refractivity contribution in [3.05, 3.63) is 0 Å². The quantitative estimate of drug-likeness (QED) is 0.582. The molecule has 0 saturated heterocycles. The molecule has 0 aromatic rings. The maximum Gasteiger partial charge on any atom is 0.0571 e. The van der Waals surface area contributed by atoms with E-state index < -0.39 is 8.07 Å². The summed E-state index contributed by atoms with van der Waals surface area (Å²) in [4.78, 5) is 0. The second-order valence-corrected chi connectivity index (χ2v) is 10.3. The van der Waals surface area contributed by atoms with Crippen molar-refractivity contribution in [3.8, 4) is 0 Å². The number of hydrogen-bond donors (Lipinski definition) is 0. The molecule has 0 aliphatic heterocycles. The second kappa shape index (κ2) is 3.28. The van der Waals surface area contributed by atoms with E-state index in [0.29, 0.717) is 6.10 Å². The van der Waals surface area contributed by atoms with Crippen molar-refractivity contribution >= 4 is 8.07 Å². The lowest BCUT2D eigenvalue weighted by Crippen LogP contribution is -2.26. The lowest BCUT2D eigenvalue weighted by molar-refractivity contribution is 0.109. The molecule has 0 bridgehead atoms. The zero-order valence-corrected chi connectivity index (χ0v) is 9.18. The predicted octanol–water partition coefficient (Wildman–Crippen LogP) is 2.89. The minimum absolute atomic E-state index is 0.576. The molecule has 11 heavy (non-hydrogen) atoms. The molecule has 0 spiro atoms. The predicted molar refractivity (Wildman–Crippen MR) is 51.7 cm³/mol. The minimum atomic E-state index is -0.862. The summed E-state index contributed by atoms with van der Waals surface area (Å²) in [5.74, 6) is 0. The molecule has 0 aromatic heterocycles. The molecule has 2 atom stereocenters. The van der Waals surface area contributed by atoms with Crippen LogP contribution < -0.4 is 0 Å². The Morgan fingerprint density at radius 1 is 1.18 bits per heavy atom. The molecule has 2 heteroatoms. The third kappa shape index (κ3) is 2.31. The van der Waals surface area contributed by atoms with E-state index in [9.17, 15) is 0 Å². The number of rotatable bonds is 2. The third-order valence-electron chi connectivity index (χ3n) is 2.94. The highest BCUT2D eigenvalue weighted by Crippen LogP contribution is 2.39. The van der Waals surface area contributed by atoms with Crippen LogP contribution >= 0.6 is 0 Å². The summed E-state index contributed by atoms with van der Waals surface area (Å²) in [5.41, 5.74) is 1.01. The van der Waals surface area contributed by atoms with Crippen LogP contribution in [-0.4, -0.2) is 21.3 Å². The highest BCUT2D eigenvalue weighted by molar-refractivity contribution is 6.77. The molecular formula is C9H20OSi. The zero-order valence-electron chi connectivity index (χ0n) is 8.18. The van der Waals surface area contributed by atoms with E-state index in [-0.39, 0.29) is 0 Å². The molecule has 0 amide bonds. The Bertz CT molecular complexity index is 128. The smallest absolute Gasteiger partial charge is 0.0571 e. The standard InChI is InChI=1S/C9H20OSi/c1-10-8-5-6-9(7-8)11(2,3)4/h8-9H,5-7H2,1-4H3. The molecule has 1 rings (SSSR count). The molecule has 0 heterocycles. The van der Waals surface area contributed by atoms with Crippen molar-refractivity contribution in [1.29, 1.82) is 0 Å². The van der Waals surface area contributed by atoms with Crippen molar-refractivity contribution in [3.63, 3.8) is 0 Å². The van der Waals surface area contributed by atoms with Crippen LogP contribution in [0.25, 0.3) is 0 Å². The van der Waals surface area contributed by atoms with E-state index in [2.05, 4.69) is 19.6 Å². The Kier molecular flexibility index (Phi) is 2.76. The first-order chi connectivity index (χ1) is 5.04. The Balaban J connectivity index is 2.42. The summed E-state index contributed by atoms with van der Waals surface area (Å²) in [6, 6.07) is 0. The fourth-order valence-corrected chi connectivity index (χ4v) is 3.94. The van der Waals surface area contributed by atoms with Gasteiger partial charge in [0.15, 0.2) is 0 Å². The Morgan fingerprint density at radius 2 is 1.82 bits per heavy atom. The molecule has 1 fully saturated rings. The minimum Gasteiger partial charge on any atom is -0.381 e. The molecule has 1 aliphatic rings. The molecule has 0 radical (unpaired) electrons. The maximum atomic E-state index is 5.36. The van der Waals surface area contributed by atoms with Gasteiger partial charge in [0.1, 0.15) is 0 Å². The Hall–Kier alpha value is 0.177. The van der Waals surface area contributed by atoms with Crippen molar-refractivity contribution in [2.45, 2.75) is 50.5 Å². The van der Waals surface area contributed by atoms with Crippen LogP contribution in [0.2, 0.25) is 25.2 Å². The normalized spacial score (nSPS) is 32.7. The van der Waals surface area contributed by atoms with Gasteiger partial charge >= 0.3 is 0 Å². The van der Waals surface area contributed by atoms with Gasteiger partial charge in [0, 0.05) is 15.2 Å². The molecule has 1 nitrogen and oxygen atoms in total. The van der Waals surface area contributed by atoms with Crippen molar-refractivity contribution in [2.24, 2.45) is 0 Å². The summed E-state index contributed by atoms with van der Waals surface area (Å²) in [7, 11) is 0.982. The second-order valence-electron chi connectivity index (χ2n) is 4.73. The average molecular weight is 172 g/mol. The molecule has 0 N–H and O–H groups in total. The summed E-state index contributed by atoms with van der Waals surface area (Å²) in [5, 5.41) is 0. The highest BCUT2D eigenvalue weighted by atomic mass is 28.3. The summed E-state index contributed by atoms with van der Waals surface area (Å²) >= 11 is 0. The number of methoxy groups -OCH3 is 1. The summed E-state index contributed by atoms with van der Waals surface area (Å²) in [6.45, 7) is 7.40. The van der Waals surface area contributed by atoms with Crippen LogP contribution in [0, 0.1) is 0 Å². The van der Waals surface area contributed by atoms with Crippen LogP contribution in [-0.2, 0) is 4.74 Å². The first-order valence-electron chi connectivity index (χ1n) is 4.57. The molecule has 2 unspecified atom stereocenters. The van der Waals surface area contributed by atoms with Gasteiger partial charge in [-0.1, -0.05) is 26.1 Å². The van der Waals surface area contributed by atoms with E-state index in [4.69, 9.17) is 4.74 Å². The first-order valence-corrected chi connectivity index (χ1v) is 8.14. The van der Waals surface area contributed by atoms with Crippen molar-refractivity contribution in [2.75, 3.05) is 7.11 Å². The van der Waals surface area contributed by atoms with Gasteiger partial charge in [-0.2, -0.15) is 0 Å². The monoisotopic (exact) mass is 172 g/mol. The third-order valence-corrected chi connectivity index (χ3v) is 5.92. The fourth-order valence-electron chi connectivity index (χ4n) is 1.94. The molecule has 66 valence electrons. The summed E-state index contributed by atoms with van der Waals surface area (Å²) < 4.78 is 5.36.